The molecule has 3 aromatic rings. The Bertz CT molecular complexity index is 1130. The molecule has 0 saturated heterocycles. The number of hydrogen-bond donors (Lipinski definition) is 1. The number of thioether (sulfide) groups is 1. The van der Waals surface area contributed by atoms with Gasteiger partial charge >= 0.3 is 0 Å². The Morgan fingerprint density at radius 1 is 0.917 bits per heavy atom. The van der Waals surface area contributed by atoms with Crippen molar-refractivity contribution in [1.29, 1.82) is 0 Å². The fourth-order valence-electron chi connectivity index (χ4n) is 4.30. The van der Waals surface area contributed by atoms with Crippen LogP contribution in [0.3, 0.4) is 0 Å². The highest BCUT2D eigenvalue weighted by Crippen LogP contribution is 2.21. The molecule has 2 amide bonds. The summed E-state index contributed by atoms with van der Waals surface area (Å²) >= 11 is 1.58. The monoisotopic (exact) mass is 504 g/mol. The molecule has 6 heteroatoms. The Hall–Kier alpha value is -3.25. The van der Waals surface area contributed by atoms with Gasteiger partial charge in [-0.2, -0.15) is 0 Å². The molecule has 0 unspecified atom stereocenters. The maximum absolute atomic E-state index is 13.7. The van der Waals surface area contributed by atoms with Crippen molar-refractivity contribution in [3.05, 3.63) is 101 Å². The van der Waals surface area contributed by atoms with Gasteiger partial charge in [0.25, 0.3) is 0 Å². The molecule has 0 aliphatic rings. The first-order valence-electron chi connectivity index (χ1n) is 12.3. The van der Waals surface area contributed by atoms with Crippen molar-refractivity contribution < 1.29 is 14.3 Å². The zero-order valence-corrected chi connectivity index (χ0v) is 22.4. The smallest absolute Gasteiger partial charge is 0.243 e. The van der Waals surface area contributed by atoms with Gasteiger partial charge in [-0.25, -0.2) is 0 Å². The van der Waals surface area contributed by atoms with Gasteiger partial charge in [0.15, 0.2) is 0 Å². The summed E-state index contributed by atoms with van der Waals surface area (Å²) in [5.74, 6) is 1.56. The third-order valence-electron chi connectivity index (χ3n) is 5.88. The van der Waals surface area contributed by atoms with Crippen LogP contribution in [0.15, 0.2) is 72.8 Å². The Balaban J connectivity index is 1.84. The average Bonchev–Trinajstić information content (AvgIpc) is 2.86. The summed E-state index contributed by atoms with van der Waals surface area (Å²) in [6.07, 6.45) is 0.449. The average molecular weight is 505 g/mol. The van der Waals surface area contributed by atoms with Gasteiger partial charge in [0.1, 0.15) is 11.8 Å². The predicted molar refractivity (Wildman–Crippen MR) is 148 cm³/mol. The van der Waals surface area contributed by atoms with E-state index in [1.54, 1.807) is 23.8 Å². The van der Waals surface area contributed by atoms with Gasteiger partial charge in [0.05, 0.1) is 12.9 Å². The van der Waals surface area contributed by atoms with Crippen molar-refractivity contribution in [2.24, 2.45) is 0 Å². The van der Waals surface area contributed by atoms with Gasteiger partial charge in [-0.1, -0.05) is 71.8 Å². The predicted octanol–water partition coefficient (Wildman–Crippen LogP) is 5.32. The van der Waals surface area contributed by atoms with Gasteiger partial charge in [-0.3, -0.25) is 9.59 Å². The first kappa shape index (κ1) is 27.3. The van der Waals surface area contributed by atoms with Crippen LogP contribution >= 0.6 is 11.8 Å². The first-order valence-corrected chi connectivity index (χ1v) is 13.4. The van der Waals surface area contributed by atoms with E-state index in [0.29, 0.717) is 25.3 Å². The highest BCUT2D eigenvalue weighted by Gasteiger charge is 2.30. The molecular formula is C30H36N2O3S. The zero-order valence-electron chi connectivity index (χ0n) is 21.6. The maximum Gasteiger partial charge on any atom is 0.243 e. The second-order valence-corrected chi connectivity index (χ2v) is 9.95. The van der Waals surface area contributed by atoms with Crippen LogP contribution in [-0.2, 0) is 28.3 Å². The number of nitrogens with zero attached hydrogens (tertiary/aromatic N) is 1. The molecule has 0 fully saturated rings. The van der Waals surface area contributed by atoms with Crippen LogP contribution in [0.5, 0.6) is 5.75 Å². The second kappa shape index (κ2) is 13.7. The Labute approximate surface area is 219 Å². The summed E-state index contributed by atoms with van der Waals surface area (Å²) in [4.78, 5) is 28.6. The van der Waals surface area contributed by atoms with E-state index in [1.165, 1.54) is 16.7 Å². The fourth-order valence-corrected chi connectivity index (χ4v) is 5.15. The minimum absolute atomic E-state index is 0.0561. The van der Waals surface area contributed by atoms with Crippen LogP contribution in [-0.4, -0.2) is 42.2 Å². The summed E-state index contributed by atoms with van der Waals surface area (Å²) in [6, 6.07) is 23.4. The van der Waals surface area contributed by atoms with E-state index in [2.05, 4.69) is 37.4 Å². The minimum Gasteiger partial charge on any atom is -0.497 e. The molecule has 0 radical (unpaired) electrons. The molecule has 0 aliphatic heterocycles. The van der Waals surface area contributed by atoms with Gasteiger partial charge in [0, 0.05) is 25.3 Å². The lowest BCUT2D eigenvalue weighted by Gasteiger charge is -2.31. The molecule has 3 rings (SSSR count). The fraction of sp³-hybridized carbons (Fsp3) is 0.333. The van der Waals surface area contributed by atoms with Crippen LogP contribution in [0.1, 0.15) is 34.7 Å². The number of carbonyl (C=O) groups is 2. The Morgan fingerprint density at radius 3 is 2.28 bits per heavy atom. The topological polar surface area (TPSA) is 58.6 Å². The molecule has 1 N–H and O–H groups in total. The van der Waals surface area contributed by atoms with E-state index < -0.39 is 6.04 Å². The Morgan fingerprint density at radius 2 is 1.61 bits per heavy atom. The highest BCUT2D eigenvalue weighted by molar-refractivity contribution is 7.99. The number of likely N-dealkylation sites (N-methyl/N-ethyl adjacent to an activating group) is 1. The third-order valence-corrected chi connectivity index (χ3v) is 6.87. The van der Waals surface area contributed by atoms with Crippen molar-refractivity contribution in [3.63, 3.8) is 0 Å². The molecular weight excluding hydrogens is 468 g/mol. The number of aryl methyl sites for hydroxylation is 2. The lowest BCUT2D eigenvalue weighted by Crippen LogP contribution is -2.51. The molecule has 3 aromatic carbocycles. The van der Waals surface area contributed by atoms with Crippen molar-refractivity contribution in [2.75, 3.05) is 19.4 Å². The van der Waals surface area contributed by atoms with E-state index in [0.717, 1.165) is 22.6 Å². The van der Waals surface area contributed by atoms with E-state index in [-0.39, 0.29) is 11.8 Å². The largest absolute Gasteiger partial charge is 0.497 e. The van der Waals surface area contributed by atoms with E-state index in [1.807, 2.05) is 61.5 Å². The number of methoxy groups -OCH3 is 1. The maximum atomic E-state index is 13.7. The molecule has 0 heterocycles. The number of ether oxygens (including phenoxy) is 1. The molecule has 0 saturated carbocycles. The summed E-state index contributed by atoms with van der Waals surface area (Å²) in [7, 11) is 1.62. The van der Waals surface area contributed by atoms with Crippen molar-refractivity contribution in [1.82, 2.24) is 10.2 Å². The lowest BCUT2D eigenvalue weighted by molar-refractivity contribution is -0.139. The summed E-state index contributed by atoms with van der Waals surface area (Å²) in [5.41, 5.74) is 5.57. The van der Waals surface area contributed by atoms with Gasteiger partial charge in [0.2, 0.25) is 11.8 Å². The molecule has 36 heavy (non-hydrogen) atoms. The number of hydrogen-bond acceptors (Lipinski definition) is 4. The number of amides is 2. The second-order valence-electron chi connectivity index (χ2n) is 8.96. The third kappa shape index (κ3) is 8.16. The quantitative estimate of drug-likeness (QED) is 0.363. The van der Waals surface area contributed by atoms with Crippen LogP contribution in [0, 0.1) is 13.8 Å². The van der Waals surface area contributed by atoms with Crippen LogP contribution in [0.25, 0.3) is 0 Å². The van der Waals surface area contributed by atoms with Crippen molar-refractivity contribution in [2.45, 2.75) is 45.5 Å². The number of carbonyl (C=O) groups excluding carboxylic acids is 2. The standard InChI is InChI=1S/C30H36N2O3S/c1-5-31-30(34)28(18-24-10-7-6-8-11-24)32(19-25-12-9-13-27(17-25)35-4)29(33)21-36-20-26-15-22(2)14-23(3)16-26/h6-17,28H,5,18-21H2,1-4H3,(H,31,34)/t28-/m1/s1. The molecule has 190 valence electrons. The molecule has 1 atom stereocenters. The number of rotatable bonds is 12. The molecule has 0 aliphatic carbocycles. The molecule has 5 nitrogen and oxygen atoms in total. The SMILES string of the molecule is CCNC(=O)[C@@H](Cc1ccccc1)N(Cc1cccc(OC)c1)C(=O)CSCc1cc(C)cc(C)c1. The van der Waals surface area contributed by atoms with E-state index >= 15 is 0 Å². The number of nitrogens with one attached hydrogen (secondary N) is 1. The van der Waals surface area contributed by atoms with Crippen LogP contribution < -0.4 is 10.1 Å². The van der Waals surface area contributed by atoms with Gasteiger partial charge in [-0.05, 0) is 49.6 Å². The van der Waals surface area contributed by atoms with E-state index in [4.69, 9.17) is 4.74 Å². The van der Waals surface area contributed by atoms with E-state index in [9.17, 15) is 9.59 Å². The van der Waals surface area contributed by atoms with Crippen molar-refractivity contribution >= 4 is 23.6 Å². The molecule has 0 spiro atoms. The summed E-state index contributed by atoms with van der Waals surface area (Å²) in [6.45, 7) is 6.90. The number of benzene rings is 3. The molecule has 0 aromatic heterocycles. The summed E-state index contributed by atoms with van der Waals surface area (Å²) < 4.78 is 5.39. The van der Waals surface area contributed by atoms with Gasteiger partial charge in [-0.15, -0.1) is 11.8 Å². The molecule has 0 bridgehead atoms. The normalized spacial score (nSPS) is 11.6. The Kier molecular flexibility index (Phi) is 10.4. The van der Waals surface area contributed by atoms with Crippen LogP contribution in [0.4, 0.5) is 0 Å². The van der Waals surface area contributed by atoms with Gasteiger partial charge < -0.3 is 15.0 Å². The van der Waals surface area contributed by atoms with Crippen LogP contribution in [0.2, 0.25) is 0 Å². The first-order chi connectivity index (χ1) is 17.4. The minimum atomic E-state index is -0.618. The highest BCUT2D eigenvalue weighted by atomic mass is 32.2. The lowest BCUT2D eigenvalue weighted by atomic mass is 10.0. The van der Waals surface area contributed by atoms with Crippen molar-refractivity contribution in [3.8, 4) is 5.75 Å². The summed E-state index contributed by atoms with van der Waals surface area (Å²) in [5, 5.41) is 2.94. The zero-order chi connectivity index (χ0) is 25.9.